The number of carbonyl (C=O) groups excluding carboxylic acids is 1. The second-order valence-corrected chi connectivity index (χ2v) is 7.11. The van der Waals surface area contributed by atoms with Crippen LogP contribution in [0.2, 0.25) is 0 Å². The predicted octanol–water partition coefficient (Wildman–Crippen LogP) is 3.41. The molecule has 3 atom stereocenters. The van der Waals surface area contributed by atoms with Gasteiger partial charge in [-0.1, -0.05) is 20.3 Å². The number of hydrogen-bond acceptors (Lipinski definition) is 3. The largest absolute Gasteiger partial charge is 0.444 e. The van der Waals surface area contributed by atoms with Crippen LogP contribution in [0.25, 0.3) is 0 Å². The molecule has 0 aliphatic carbocycles. The van der Waals surface area contributed by atoms with Crippen molar-refractivity contribution in [3.05, 3.63) is 0 Å². The molecule has 0 bridgehead atoms. The summed E-state index contributed by atoms with van der Waals surface area (Å²) in [5.74, 6) is 0.659. The predicted molar refractivity (Wildman–Crippen MR) is 82.9 cm³/mol. The Morgan fingerprint density at radius 2 is 2.05 bits per heavy atom. The first-order chi connectivity index (χ1) is 9.23. The molecule has 3 unspecified atom stereocenters. The summed E-state index contributed by atoms with van der Waals surface area (Å²) in [5.41, 5.74) is -0.415. The van der Waals surface area contributed by atoms with E-state index in [0.717, 1.165) is 25.9 Å². The van der Waals surface area contributed by atoms with Crippen LogP contribution in [-0.4, -0.2) is 41.8 Å². The number of amides is 1. The van der Waals surface area contributed by atoms with Crippen molar-refractivity contribution in [2.24, 2.45) is 5.92 Å². The highest BCUT2D eigenvalue weighted by Crippen LogP contribution is 2.17. The summed E-state index contributed by atoms with van der Waals surface area (Å²) in [6.45, 7) is 14.0. The quantitative estimate of drug-likeness (QED) is 0.860. The van der Waals surface area contributed by atoms with Crippen molar-refractivity contribution in [1.82, 2.24) is 10.2 Å². The normalized spacial score (nSPS) is 23.3. The highest BCUT2D eigenvalue weighted by atomic mass is 16.6. The van der Waals surface area contributed by atoms with Crippen molar-refractivity contribution >= 4 is 6.09 Å². The molecule has 1 N–H and O–H groups in total. The number of hydrogen-bond donors (Lipinski definition) is 1. The minimum absolute atomic E-state index is 0.180. The van der Waals surface area contributed by atoms with Crippen LogP contribution in [0, 0.1) is 5.92 Å². The van der Waals surface area contributed by atoms with E-state index in [2.05, 4.69) is 26.1 Å². The minimum Gasteiger partial charge on any atom is -0.444 e. The highest BCUT2D eigenvalue weighted by molar-refractivity contribution is 5.68. The van der Waals surface area contributed by atoms with Crippen molar-refractivity contribution in [3.8, 4) is 0 Å². The fourth-order valence-corrected chi connectivity index (χ4v) is 2.50. The number of ether oxygens (including phenoxy) is 1. The maximum Gasteiger partial charge on any atom is 0.410 e. The lowest BCUT2D eigenvalue weighted by molar-refractivity contribution is 0.0181. The lowest BCUT2D eigenvalue weighted by Crippen LogP contribution is -2.52. The topological polar surface area (TPSA) is 41.6 Å². The Labute approximate surface area is 124 Å². The first kappa shape index (κ1) is 17.3. The van der Waals surface area contributed by atoms with Crippen LogP contribution in [0.5, 0.6) is 0 Å². The third kappa shape index (κ3) is 5.70. The molecule has 1 aliphatic rings. The zero-order valence-corrected chi connectivity index (χ0v) is 14.0. The first-order valence-electron chi connectivity index (χ1n) is 7.97. The van der Waals surface area contributed by atoms with Gasteiger partial charge in [-0.3, -0.25) is 0 Å². The average molecular weight is 284 g/mol. The first-order valence-corrected chi connectivity index (χ1v) is 7.97. The Hall–Kier alpha value is -0.770. The fourth-order valence-electron chi connectivity index (χ4n) is 2.50. The zero-order valence-electron chi connectivity index (χ0n) is 14.0. The van der Waals surface area contributed by atoms with Gasteiger partial charge in [0.1, 0.15) is 5.60 Å². The maximum absolute atomic E-state index is 12.1. The number of nitrogens with zero attached hydrogens (tertiary/aromatic N) is 1. The number of rotatable bonds is 4. The van der Waals surface area contributed by atoms with Crippen molar-refractivity contribution in [2.45, 2.75) is 78.5 Å². The monoisotopic (exact) mass is 284 g/mol. The van der Waals surface area contributed by atoms with E-state index in [-0.39, 0.29) is 6.09 Å². The SMILES string of the molecule is CCC(C)C(C)NC1CCCN(C(=O)OC(C)(C)C)C1. The van der Waals surface area contributed by atoms with Crippen molar-refractivity contribution in [3.63, 3.8) is 0 Å². The molecule has 1 saturated heterocycles. The van der Waals surface area contributed by atoms with E-state index in [0.29, 0.717) is 18.0 Å². The van der Waals surface area contributed by atoms with E-state index in [1.54, 1.807) is 0 Å². The van der Waals surface area contributed by atoms with Crippen LogP contribution in [0.15, 0.2) is 0 Å². The Morgan fingerprint density at radius 1 is 1.40 bits per heavy atom. The molecule has 1 fully saturated rings. The van der Waals surface area contributed by atoms with Gasteiger partial charge in [0.05, 0.1) is 0 Å². The van der Waals surface area contributed by atoms with Gasteiger partial charge >= 0.3 is 6.09 Å². The summed E-state index contributed by atoms with van der Waals surface area (Å²) in [5, 5.41) is 3.67. The second kappa shape index (κ2) is 7.30. The lowest BCUT2D eigenvalue weighted by Gasteiger charge is -2.36. The summed E-state index contributed by atoms with van der Waals surface area (Å²) in [7, 11) is 0. The third-order valence-corrected chi connectivity index (χ3v) is 4.07. The number of likely N-dealkylation sites (tertiary alicyclic amines) is 1. The van der Waals surface area contributed by atoms with E-state index in [4.69, 9.17) is 4.74 Å². The Kier molecular flexibility index (Phi) is 6.31. The lowest BCUT2D eigenvalue weighted by atomic mass is 9.98. The molecule has 20 heavy (non-hydrogen) atoms. The molecule has 118 valence electrons. The highest BCUT2D eigenvalue weighted by Gasteiger charge is 2.28. The summed E-state index contributed by atoms with van der Waals surface area (Å²) in [4.78, 5) is 14.0. The summed E-state index contributed by atoms with van der Waals surface area (Å²) >= 11 is 0. The van der Waals surface area contributed by atoms with Crippen LogP contribution >= 0.6 is 0 Å². The second-order valence-electron chi connectivity index (χ2n) is 7.11. The molecule has 0 aromatic heterocycles. The van der Waals surface area contributed by atoms with Gasteiger partial charge in [-0.25, -0.2) is 4.79 Å². The molecular weight excluding hydrogens is 252 g/mol. The van der Waals surface area contributed by atoms with Crippen LogP contribution in [0.4, 0.5) is 4.79 Å². The van der Waals surface area contributed by atoms with Crippen molar-refractivity contribution < 1.29 is 9.53 Å². The van der Waals surface area contributed by atoms with Crippen LogP contribution in [-0.2, 0) is 4.74 Å². The van der Waals surface area contributed by atoms with Gasteiger partial charge < -0.3 is 15.0 Å². The summed E-state index contributed by atoms with van der Waals surface area (Å²) in [6, 6.07) is 0.879. The van der Waals surface area contributed by atoms with Crippen LogP contribution < -0.4 is 5.32 Å². The number of piperidine rings is 1. The summed E-state index contributed by atoms with van der Waals surface area (Å²) < 4.78 is 5.46. The van der Waals surface area contributed by atoms with Gasteiger partial charge in [0, 0.05) is 25.2 Å². The number of carbonyl (C=O) groups is 1. The minimum atomic E-state index is -0.415. The standard InChI is InChI=1S/C16H32N2O2/c1-7-12(2)13(3)17-14-9-8-10-18(11-14)15(19)20-16(4,5)6/h12-14,17H,7-11H2,1-6H3. The average Bonchev–Trinajstić information content (AvgIpc) is 2.36. The third-order valence-electron chi connectivity index (χ3n) is 4.07. The molecular formula is C16H32N2O2. The Balaban J connectivity index is 2.48. The van der Waals surface area contributed by atoms with Gasteiger partial charge in [-0.2, -0.15) is 0 Å². The van der Waals surface area contributed by atoms with E-state index in [1.807, 2.05) is 25.7 Å². The molecule has 0 aromatic carbocycles. The number of nitrogens with one attached hydrogen (secondary N) is 1. The van der Waals surface area contributed by atoms with E-state index in [9.17, 15) is 4.79 Å². The molecule has 1 heterocycles. The Morgan fingerprint density at radius 3 is 2.60 bits per heavy atom. The molecule has 0 spiro atoms. The Bertz CT molecular complexity index is 312. The van der Waals surface area contributed by atoms with Gasteiger partial charge in [0.15, 0.2) is 0 Å². The van der Waals surface area contributed by atoms with Crippen molar-refractivity contribution in [1.29, 1.82) is 0 Å². The molecule has 0 radical (unpaired) electrons. The molecule has 4 heteroatoms. The van der Waals surface area contributed by atoms with Gasteiger partial charge in [0.2, 0.25) is 0 Å². The zero-order chi connectivity index (χ0) is 15.3. The molecule has 0 aromatic rings. The molecule has 0 saturated carbocycles. The molecule has 1 amide bonds. The van der Waals surface area contributed by atoms with Crippen molar-refractivity contribution in [2.75, 3.05) is 13.1 Å². The fraction of sp³-hybridized carbons (Fsp3) is 0.938. The molecule has 1 aliphatic heterocycles. The van der Waals surface area contributed by atoms with Crippen LogP contribution in [0.3, 0.4) is 0 Å². The van der Waals surface area contributed by atoms with E-state index >= 15 is 0 Å². The van der Waals surface area contributed by atoms with E-state index < -0.39 is 5.60 Å². The van der Waals surface area contributed by atoms with Gasteiger partial charge in [-0.15, -0.1) is 0 Å². The van der Waals surface area contributed by atoms with Gasteiger partial charge in [-0.05, 0) is 46.5 Å². The van der Waals surface area contributed by atoms with Crippen LogP contribution in [0.1, 0.15) is 60.8 Å². The summed E-state index contributed by atoms with van der Waals surface area (Å²) in [6.07, 6.45) is 3.18. The van der Waals surface area contributed by atoms with E-state index in [1.165, 1.54) is 6.42 Å². The molecule has 4 nitrogen and oxygen atoms in total. The maximum atomic E-state index is 12.1. The van der Waals surface area contributed by atoms with Gasteiger partial charge in [0.25, 0.3) is 0 Å². The smallest absolute Gasteiger partial charge is 0.410 e. The molecule has 1 rings (SSSR count).